The van der Waals surface area contributed by atoms with Gasteiger partial charge in [0.2, 0.25) is 5.95 Å². The van der Waals surface area contributed by atoms with Gasteiger partial charge in [-0.2, -0.15) is 13.2 Å². The van der Waals surface area contributed by atoms with Gasteiger partial charge in [-0.15, -0.1) is 0 Å². The molecule has 1 aliphatic carbocycles. The van der Waals surface area contributed by atoms with Crippen LogP contribution in [0.5, 0.6) is 0 Å². The first kappa shape index (κ1) is 24.1. The van der Waals surface area contributed by atoms with Gasteiger partial charge in [-0.1, -0.05) is 0 Å². The van der Waals surface area contributed by atoms with Crippen molar-refractivity contribution in [3.05, 3.63) is 29.2 Å². The minimum absolute atomic E-state index is 0.0189. The summed E-state index contributed by atoms with van der Waals surface area (Å²) in [7, 11) is 0. The number of H-pyrrole nitrogens is 1. The number of halogens is 3. The molecule has 3 aliphatic rings. The van der Waals surface area contributed by atoms with E-state index in [-0.39, 0.29) is 40.7 Å². The zero-order valence-corrected chi connectivity index (χ0v) is 20.6. The lowest BCUT2D eigenvalue weighted by Crippen LogP contribution is -2.50. The molecule has 190 valence electrons. The quantitative estimate of drug-likeness (QED) is 0.575. The molecule has 1 saturated carbocycles. The molecule has 7 nitrogen and oxygen atoms in total. The summed E-state index contributed by atoms with van der Waals surface area (Å²) in [6.45, 7) is 8.98. The van der Waals surface area contributed by atoms with Crippen LogP contribution in [0.25, 0.3) is 11.3 Å². The molecular weight excluding hydrogens is 457 g/mol. The van der Waals surface area contributed by atoms with Gasteiger partial charge in [0.25, 0.3) is 5.91 Å². The Morgan fingerprint density at radius 1 is 1.14 bits per heavy atom. The highest BCUT2D eigenvalue weighted by molar-refractivity contribution is 5.97. The van der Waals surface area contributed by atoms with Crippen LogP contribution in [0, 0.1) is 0 Å². The molecule has 1 saturated heterocycles. The van der Waals surface area contributed by atoms with Gasteiger partial charge in [0.15, 0.2) is 0 Å². The Morgan fingerprint density at radius 2 is 1.89 bits per heavy atom. The molecule has 0 spiro atoms. The van der Waals surface area contributed by atoms with Gasteiger partial charge < -0.3 is 20.5 Å². The van der Waals surface area contributed by atoms with Gasteiger partial charge in [-0.25, -0.2) is 9.97 Å². The van der Waals surface area contributed by atoms with E-state index in [0.717, 1.165) is 31.9 Å². The van der Waals surface area contributed by atoms with E-state index < -0.39 is 11.7 Å². The van der Waals surface area contributed by atoms with Crippen molar-refractivity contribution in [3.63, 3.8) is 0 Å². The molecule has 4 heterocycles. The van der Waals surface area contributed by atoms with Crippen molar-refractivity contribution < 1.29 is 18.0 Å². The van der Waals surface area contributed by atoms with E-state index in [2.05, 4.69) is 39.4 Å². The number of aromatic amines is 1. The topological polar surface area (TPSA) is 85.9 Å². The largest absolute Gasteiger partial charge is 0.419 e. The minimum Gasteiger partial charge on any atom is -0.356 e. The van der Waals surface area contributed by atoms with Gasteiger partial charge in [-0.05, 0) is 71.8 Å². The zero-order chi connectivity index (χ0) is 25.2. The average Bonchev–Trinajstić information content (AvgIpc) is 3.50. The van der Waals surface area contributed by atoms with E-state index in [0.29, 0.717) is 36.2 Å². The van der Waals surface area contributed by atoms with E-state index in [9.17, 15) is 18.0 Å². The monoisotopic (exact) mass is 490 g/mol. The van der Waals surface area contributed by atoms with Crippen molar-refractivity contribution in [3.8, 4) is 11.3 Å². The minimum atomic E-state index is -4.62. The third-order valence-corrected chi connectivity index (χ3v) is 7.60. The number of hydrogen-bond acceptors (Lipinski definition) is 5. The SMILES string of the molecule is CC1(C)CC[C@H](Nc2ncc(C(F)(F)F)c(-c3c[nH]c4c3CCC(C)(C)N(C3CC3)C4=O)n2)CN1. The number of carbonyl (C=O) groups excluding carboxylic acids is 1. The fourth-order valence-electron chi connectivity index (χ4n) is 5.35. The number of piperidine rings is 1. The summed E-state index contributed by atoms with van der Waals surface area (Å²) in [5.41, 5.74) is -0.142. The van der Waals surface area contributed by atoms with Gasteiger partial charge in [0, 0.05) is 47.7 Å². The maximum absolute atomic E-state index is 14.0. The summed E-state index contributed by atoms with van der Waals surface area (Å²) >= 11 is 0. The Morgan fingerprint density at radius 3 is 2.51 bits per heavy atom. The summed E-state index contributed by atoms with van der Waals surface area (Å²) < 4.78 is 42.0. The number of carbonyl (C=O) groups is 1. The second kappa shape index (κ2) is 8.21. The molecular formula is C25H33F3N6O. The maximum atomic E-state index is 14.0. The number of alkyl halides is 3. The summed E-state index contributed by atoms with van der Waals surface area (Å²) in [5, 5.41) is 6.65. The zero-order valence-electron chi connectivity index (χ0n) is 20.6. The van der Waals surface area contributed by atoms with Crippen LogP contribution in [-0.2, 0) is 12.6 Å². The Hall–Kier alpha value is -2.62. The summed E-state index contributed by atoms with van der Waals surface area (Å²) in [6.07, 6.45) is 2.59. The Bertz CT molecular complexity index is 1120. The Labute approximate surface area is 203 Å². The molecule has 0 radical (unpaired) electrons. The average molecular weight is 491 g/mol. The second-order valence-electron chi connectivity index (χ2n) is 11.4. The van der Waals surface area contributed by atoms with Crippen LogP contribution in [0.3, 0.4) is 0 Å². The second-order valence-corrected chi connectivity index (χ2v) is 11.4. The van der Waals surface area contributed by atoms with Crippen LogP contribution >= 0.6 is 0 Å². The van der Waals surface area contributed by atoms with Crippen LogP contribution in [0.1, 0.15) is 81.4 Å². The van der Waals surface area contributed by atoms with Crippen molar-refractivity contribution in [2.45, 2.75) is 95.6 Å². The Kier molecular flexibility index (Phi) is 5.65. The normalized spacial score (nSPS) is 24.1. The first-order valence-electron chi connectivity index (χ1n) is 12.4. The highest BCUT2D eigenvalue weighted by atomic mass is 19.4. The van der Waals surface area contributed by atoms with Gasteiger partial charge in [0.1, 0.15) is 11.3 Å². The van der Waals surface area contributed by atoms with Crippen molar-refractivity contribution in [2.75, 3.05) is 11.9 Å². The molecule has 2 aromatic heterocycles. The van der Waals surface area contributed by atoms with E-state index in [1.807, 2.05) is 18.7 Å². The highest BCUT2D eigenvalue weighted by Gasteiger charge is 2.45. The predicted molar refractivity (Wildman–Crippen MR) is 127 cm³/mol. The molecule has 0 unspecified atom stereocenters. The van der Waals surface area contributed by atoms with Crippen LogP contribution in [0.15, 0.2) is 12.4 Å². The van der Waals surface area contributed by atoms with Gasteiger partial charge in [0.05, 0.1) is 5.69 Å². The lowest BCUT2D eigenvalue weighted by Gasteiger charge is -2.37. The van der Waals surface area contributed by atoms with E-state index >= 15 is 0 Å². The van der Waals surface area contributed by atoms with E-state index in [1.165, 1.54) is 6.20 Å². The molecule has 2 aliphatic heterocycles. The molecule has 3 N–H and O–H groups in total. The number of fused-ring (bicyclic) bond motifs is 1. The van der Waals surface area contributed by atoms with E-state index in [4.69, 9.17) is 0 Å². The molecule has 1 atom stereocenters. The van der Waals surface area contributed by atoms with Crippen molar-refractivity contribution >= 4 is 11.9 Å². The molecule has 0 aromatic carbocycles. The van der Waals surface area contributed by atoms with Crippen LogP contribution in [-0.4, -0.2) is 55.5 Å². The number of anilines is 1. The molecule has 10 heteroatoms. The summed E-state index contributed by atoms with van der Waals surface area (Å²) in [6, 6.07) is 0.218. The summed E-state index contributed by atoms with van der Waals surface area (Å²) in [5.74, 6) is 0.0162. The number of hydrogen-bond donors (Lipinski definition) is 3. The number of nitrogens with one attached hydrogen (secondary N) is 3. The van der Waals surface area contributed by atoms with Crippen molar-refractivity contribution in [1.29, 1.82) is 0 Å². The number of nitrogens with zero attached hydrogens (tertiary/aromatic N) is 3. The molecule has 2 fully saturated rings. The molecule has 35 heavy (non-hydrogen) atoms. The number of amides is 1. The lowest BCUT2D eigenvalue weighted by molar-refractivity contribution is -0.137. The van der Waals surface area contributed by atoms with Crippen molar-refractivity contribution in [2.24, 2.45) is 0 Å². The number of rotatable bonds is 4. The predicted octanol–water partition coefficient (Wildman–Crippen LogP) is 4.76. The fraction of sp³-hybridized carbons (Fsp3) is 0.640. The van der Waals surface area contributed by atoms with Crippen LogP contribution in [0.4, 0.5) is 19.1 Å². The third-order valence-electron chi connectivity index (χ3n) is 7.60. The molecule has 5 rings (SSSR count). The first-order valence-corrected chi connectivity index (χ1v) is 12.4. The smallest absolute Gasteiger partial charge is 0.356 e. The Balaban J connectivity index is 1.51. The van der Waals surface area contributed by atoms with E-state index in [1.54, 1.807) is 0 Å². The lowest BCUT2D eigenvalue weighted by atomic mass is 9.91. The molecule has 2 aromatic rings. The molecule has 1 amide bonds. The van der Waals surface area contributed by atoms with Gasteiger partial charge in [-0.3, -0.25) is 4.79 Å². The first-order chi connectivity index (χ1) is 16.4. The maximum Gasteiger partial charge on any atom is 0.419 e. The highest BCUT2D eigenvalue weighted by Crippen LogP contribution is 2.43. The van der Waals surface area contributed by atoms with Gasteiger partial charge >= 0.3 is 6.18 Å². The molecule has 0 bridgehead atoms. The fourth-order valence-corrected chi connectivity index (χ4v) is 5.35. The van der Waals surface area contributed by atoms with Crippen molar-refractivity contribution in [1.82, 2.24) is 25.2 Å². The number of aromatic nitrogens is 3. The standard InChI is InChI=1S/C25H33F3N6O/c1-23(2)9-7-14(11-31-23)32-22-30-13-18(25(26,27)28)19(33-22)17-12-29-20-16(17)8-10-24(3,4)34(21(20)35)15-5-6-15/h12-15,29,31H,5-11H2,1-4H3,(H,30,32,33)/t14-/m0/s1. The van der Waals surface area contributed by atoms with Crippen LogP contribution in [0.2, 0.25) is 0 Å². The third kappa shape index (κ3) is 4.64. The van der Waals surface area contributed by atoms with Crippen LogP contribution < -0.4 is 10.6 Å². The summed E-state index contributed by atoms with van der Waals surface area (Å²) in [4.78, 5) is 26.7.